The lowest BCUT2D eigenvalue weighted by molar-refractivity contribution is 0.468. The predicted octanol–water partition coefficient (Wildman–Crippen LogP) is 2.38. The molecule has 0 saturated heterocycles. The van der Waals surface area contributed by atoms with Crippen LogP contribution in [0.5, 0.6) is 0 Å². The third kappa shape index (κ3) is 1.99. The fourth-order valence-corrected chi connectivity index (χ4v) is 4.02. The maximum atomic E-state index is 6.43. The molecule has 0 aromatic carbocycles. The summed E-state index contributed by atoms with van der Waals surface area (Å²) in [6, 6.07) is 2.61. The van der Waals surface area contributed by atoms with E-state index in [4.69, 9.17) is 5.73 Å². The molecule has 2 aliphatic carbocycles. The molecular formula is C15H25N3. The van der Waals surface area contributed by atoms with Gasteiger partial charge in [0.25, 0.3) is 0 Å². The number of aromatic nitrogens is 2. The van der Waals surface area contributed by atoms with E-state index >= 15 is 0 Å². The van der Waals surface area contributed by atoms with Crippen LogP contribution in [-0.2, 0) is 19.4 Å². The van der Waals surface area contributed by atoms with Crippen LogP contribution < -0.4 is 5.73 Å². The van der Waals surface area contributed by atoms with Crippen molar-refractivity contribution in [3.63, 3.8) is 0 Å². The van der Waals surface area contributed by atoms with Crippen LogP contribution >= 0.6 is 0 Å². The minimum absolute atomic E-state index is 0.354. The van der Waals surface area contributed by atoms with E-state index in [-0.39, 0.29) is 0 Å². The molecule has 3 nitrogen and oxygen atoms in total. The van der Waals surface area contributed by atoms with E-state index in [1.54, 1.807) is 0 Å². The highest BCUT2D eigenvalue weighted by molar-refractivity contribution is 5.15. The predicted molar refractivity (Wildman–Crippen MR) is 73.3 cm³/mol. The number of rotatable bonds is 5. The molecule has 2 aliphatic rings. The Morgan fingerprint density at radius 3 is 2.72 bits per heavy atom. The number of aryl methyl sites for hydroxylation is 2. The Balaban J connectivity index is 1.66. The Morgan fingerprint density at radius 1 is 1.39 bits per heavy atom. The third-order valence-corrected chi connectivity index (χ3v) is 4.99. The lowest BCUT2D eigenvalue weighted by Gasteiger charge is -2.14. The van der Waals surface area contributed by atoms with Crippen LogP contribution in [0.15, 0.2) is 6.07 Å². The summed E-state index contributed by atoms with van der Waals surface area (Å²) in [5.41, 5.74) is 8.98. The van der Waals surface area contributed by atoms with Crippen LogP contribution in [0.3, 0.4) is 0 Å². The molecular weight excluding hydrogens is 222 g/mol. The SMILES string of the molecule is CCc1cc(CC(N)C2C3CCCC32)n(CC)n1. The molecule has 100 valence electrons. The van der Waals surface area contributed by atoms with Crippen molar-refractivity contribution in [2.45, 2.75) is 58.5 Å². The number of nitrogens with zero attached hydrogens (tertiary/aromatic N) is 2. The van der Waals surface area contributed by atoms with Crippen molar-refractivity contribution in [1.29, 1.82) is 0 Å². The van der Waals surface area contributed by atoms with Gasteiger partial charge in [0.2, 0.25) is 0 Å². The van der Waals surface area contributed by atoms with Gasteiger partial charge in [0.05, 0.1) is 5.69 Å². The zero-order chi connectivity index (χ0) is 12.7. The van der Waals surface area contributed by atoms with Crippen LogP contribution in [0.2, 0.25) is 0 Å². The molecule has 0 radical (unpaired) electrons. The molecule has 3 rings (SSSR count). The van der Waals surface area contributed by atoms with Crippen molar-refractivity contribution in [3.8, 4) is 0 Å². The topological polar surface area (TPSA) is 43.8 Å². The van der Waals surface area contributed by atoms with Gasteiger partial charge >= 0.3 is 0 Å². The fraction of sp³-hybridized carbons (Fsp3) is 0.800. The first kappa shape index (κ1) is 12.2. The maximum Gasteiger partial charge on any atom is 0.0624 e. The Labute approximate surface area is 110 Å². The number of fused-ring (bicyclic) bond motifs is 1. The summed E-state index contributed by atoms with van der Waals surface area (Å²) in [4.78, 5) is 0. The Hall–Kier alpha value is -0.830. The van der Waals surface area contributed by atoms with Gasteiger partial charge in [-0.05, 0) is 50.0 Å². The van der Waals surface area contributed by atoms with E-state index < -0.39 is 0 Å². The molecule has 2 saturated carbocycles. The van der Waals surface area contributed by atoms with Gasteiger partial charge in [0, 0.05) is 24.7 Å². The van der Waals surface area contributed by atoms with Crippen molar-refractivity contribution in [3.05, 3.63) is 17.5 Å². The summed E-state index contributed by atoms with van der Waals surface area (Å²) < 4.78 is 2.14. The molecule has 0 aliphatic heterocycles. The molecule has 18 heavy (non-hydrogen) atoms. The van der Waals surface area contributed by atoms with E-state index in [2.05, 4.69) is 29.7 Å². The molecule has 3 heteroatoms. The largest absolute Gasteiger partial charge is 0.327 e. The first-order valence-corrected chi connectivity index (χ1v) is 7.55. The summed E-state index contributed by atoms with van der Waals surface area (Å²) in [7, 11) is 0. The zero-order valence-corrected chi connectivity index (χ0v) is 11.6. The molecule has 2 N–H and O–H groups in total. The van der Waals surface area contributed by atoms with E-state index in [0.29, 0.717) is 6.04 Å². The first-order chi connectivity index (χ1) is 8.74. The van der Waals surface area contributed by atoms with E-state index in [1.807, 2.05) is 0 Å². The highest BCUT2D eigenvalue weighted by atomic mass is 15.3. The van der Waals surface area contributed by atoms with Gasteiger partial charge in [-0.2, -0.15) is 5.10 Å². The first-order valence-electron chi connectivity index (χ1n) is 7.55. The second-order valence-corrected chi connectivity index (χ2v) is 6.00. The van der Waals surface area contributed by atoms with Gasteiger partial charge in [-0.25, -0.2) is 0 Å². The molecule has 0 bridgehead atoms. The Kier molecular flexibility index (Phi) is 3.18. The van der Waals surface area contributed by atoms with Gasteiger partial charge in [-0.3, -0.25) is 4.68 Å². The van der Waals surface area contributed by atoms with Gasteiger partial charge in [0.15, 0.2) is 0 Å². The number of hydrogen-bond acceptors (Lipinski definition) is 2. The molecule has 1 aromatic rings. The monoisotopic (exact) mass is 247 g/mol. The zero-order valence-electron chi connectivity index (χ0n) is 11.6. The van der Waals surface area contributed by atoms with Crippen LogP contribution in [0.25, 0.3) is 0 Å². The van der Waals surface area contributed by atoms with Crippen molar-refractivity contribution < 1.29 is 0 Å². The van der Waals surface area contributed by atoms with Crippen LogP contribution in [0, 0.1) is 17.8 Å². The van der Waals surface area contributed by atoms with E-state index in [1.165, 1.54) is 30.7 Å². The highest BCUT2D eigenvalue weighted by Crippen LogP contribution is 2.58. The highest BCUT2D eigenvalue weighted by Gasteiger charge is 2.54. The second-order valence-electron chi connectivity index (χ2n) is 6.00. The summed E-state index contributed by atoms with van der Waals surface area (Å²) in [5.74, 6) is 2.73. The lowest BCUT2D eigenvalue weighted by atomic mass is 10.0. The molecule has 1 heterocycles. The van der Waals surface area contributed by atoms with Crippen molar-refractivity contribution in [2.24, 2.45) is 23.5 Å². The molecule has 2 fully saturated rings. The minimum Gasteiger partial charge on any atom is -0.327 e. The van der Waals surface area contributed by atoms with E-state index in [0.717, 1.165) is 37.1 Å². The Bertz CT molecular complexity index is 413. The van der Waals surface area contributed by atoms with Gasteiger partial charge in [-0.1, -0.05) is 13.3 Å². The summed E-state index contributed by atoms with van der Waals surface area (Å²) >= 11 is 0. The van der Waals surface area contributed by atoms with Crippen molar-refractivity contribution in [1.82, 2.24) is 9.78 Å². The summed E-state index contributed by atoms with van der Waals surface area (Å²) in [6.07, 6.45) is 6.32. The fourth-order valence-electron chi connectivity index (χ4n) is 4.02. The smallest absolute Gasteiger partial charge is 0.0624 e. The average Bonchev–Trinajstić information content (AvgIpc) is 2.77. The number of nitrogens with two attached hydrogens (primary N) is 1. The Morgan fingerprint density at radius 2 is 2.11 bits per heavy atom. The van der Waals surface area contributed by atoms with Crippen LogP contribution in [-0.4, -0.2) is 15.8 Å². The quantitative estimate of drug-likeness (QED) is 0.868. The van der Waals surface area contributed by atoms with Crippen molar-refractivity contribution in [2.75, 3.05) is 0 Å². The van der Waals surface area contributed by atoms with Crippen LogP contribution in [0.1, 0.15) is 44.5 Å². The normalized spacial score (nSPS) is 31.4. The van der Waals surface area contributed by atoms with Gasteiger partial charge < -0.3 is 5.73 Å². The maximum absolute atomic E-state index is 6.43. The average molecular weight is 247 g/mol. The number of hydrogen-bond donors (Lipinski definition) is 1. The van der Waals surface area contributed by atoms with E-state index in [9.17, 15) is 0 Å². The molecule has 0 spiro atoms. The lowest BCUT2D eigenvalue weighted by Crippen LogP contribution is -2.28. The van der Waals surface area contributed by atoms with Crippen LogP contribution in [0.4, 0.5) is 0 Å². The standard InChI is InChI=1S/C15H25N3/c1-3-10-8-11(18(4-2)17-10)9-14(16)15-12-6-5-7-13(12)15/h8,12-15H,3-7,9,16H2,1-2H3. The molecule has 0 amide bonds. The molecule has 1 aromatic heterocycles. The molecule has 3 atom stereocenters. The van der Waals surface area contributed by atoms with Gasteiger partial charge in [-0.15, -0.1) is 0 Å². The second kappa shape index (κ2) is 4.69. The third-order valence-electron chi connectivity index (χ3n) is 4.99. The molecule has 3 unspecified atom stereocenters. The van der Waals surface area contributed by atoms with Crippen molar-refractivity contribution >= 4 is 0 Å². The minimum atomic E-state index is 0.354. The summed E-state index contributed by atoms with van der Waals surface area (Å²) in [6.45, 7) is 5.28. The van der Waals surface area contributed by atoms with Gasteiger partial charge in [0.1, 0.15) is 0 Å². The summed E-state index contributed by atoms with van der Waals surface area (Å²) in [5, 5.41) is 4.61.